The van der Waals surface area contributed by atoms with Crippen LogP contribution in [0.4, 0.5) is 0 Å². The SMILES string of the molecule is CC(C)c1cc(Br)ccc1OC(CN)c1ccccn1. The van der Waals surface area contributed by atoms with Crippen LogP contribution in [0.25, 0.3) is 0 Å². The van der Waals surface area contributed by atoms with Crippen molar-refractivity contribution in [3.8, 4) is 5.75 Å². The molecule has 1 aromatic carbocycles. The third kappa shape index (κ3) is 3.58. The summed E-state index contributed by atoms with van der Waals surface area (Å²) in [5.41, 5.74) is 7.85. The van der Waals surface area contributed by atoms with Crippen LogP contribution in [0, 0.1) is 0 Å². The minimum Gasteiger partial charge on any atom is -0.482 e. The second-order valence-electron chi connectivity index (χ2n) is 4.93. The normalized spacial score (nSPS) is 12.4. The van der Waals surface area contributed by atoms with Gasteiger partial charge in [0.25, 0.3) is 0 Å². The number of rotatable bonds is 5. The lowest BCUT2D eigenvalue weighted by Crippen LogP contribution is -2.20. The van der Waals surface area contributed by atoms with E-state index in [1.165, 1.54) is 0 Å². The molecule has 2 aromatic rings. The maximum absolute atomic E-state index is 6.09. The van der Waals surface area contributed by atoms with Gasteiger partial charge in [0, 0.05) is 17.2 Å². The fourth-order valence-corrected chi connectivity index (χ4v) is 2.41. The fraction of sp³-hybridized carbons (Fsp3) is 0.312. The van der Waals surface area contributed by atoms with Crippen LogP contribution < -0.4 is 10.5 Å². The summed E-state index contributed by atoms with van der Waals surface area (Å²) in [6.45, 7) is 4.68. The molecule has 20 heavy (non-hydrogen) atoms. The minimum atomic E-state index is -0.227. The lowest BCUT2D eigenvalue weighted by atomic mass is 10.0. The number of ether oxygens (including phenoxy) is 1. The molecule has 1 atom stereocenters. The molecule has 0 saturated carbocycles. The Kier molecular flexibility index (Phi) is 5.15. The van der Waals surface area contributed by atoms with Crippen LogP contribution in [-0.4, -0.2) is 11.5 Å². The van der Waals surface area contributed by atoms with Gasteiger partial charge >= 0.3 is 0 Å². The number of pyridine rings is 1. The summed E-state index contributed by atoms with van der Waals surface area (Å²) in [4.78, 5) is 4.32. The van der Waals surface area contributed by atoms with Crippen molar-refractivity contribution in [1.82, 2.24) is 4.98 Å². The molecule has 0 bridgehead atoms. The van der Waals surface area contributed by atoms with Gasteiger partial charge in [-0.15, -0.1) is 0 Å². The Morgan fingerprint density at radius 2 is 2.05 bits per heavy atom. The van der Waals surface area contributed by atoms with Crippen LogP contribution in [-0.2, 0) is 0 Å². The zero-order chi connectivity index (χ0) is 14.5. The van der Waals surface area contributed by atoms with E-state index in [9.17, 15) is 0 Å². The number of aromatic nitrogens is 1. The number of hydrogen-bond acceptors (Lipinski definition) is 3. The summed E-state index contributed by atoms with van der Waals surface area (Å²) in [5.74, 6) is 1.24. The smallest absolute Gasteiger partial charge is 0.153 e. The Bertz CT molecular complexity index is 558. The molecule has 0 saturated heterocycles. The molecule has 2 N–H and O–H groups in total. The minimum absolute atomic E-state index is 0.227. The Hall–Kier alpha value is -1.39. The zero-order valence-corrected chi connectivity index (χ0v) is 13.3. The first-order valence-electron chi connectivity index (χ1n) is 6.69. The van der Waals surface area contributed by atoms with Gasteiger partial charge in [0.05, 0.1) is 5.69 Å². The molecule has 2 rings (SSSR count). The predicted octanol–water partition coefficient (Wildman–Crippen LogP) is 4.05. The van der Waals surface area contributed by atoms with Crippen molar-refractivity contribution in [2.24, 2.45) is 5.73 Å². The zero-order valence-electron chi connectivity index (χ0n) is 11.7. The molecule has 1 aromatic heterocycles. The largest absolute Gasteiger partial charge is 0.482 e. The highest BCUT2D eigenvalue weighted by molar-refractivity contribution is 9.10. The van der Waals surface area contributed by atoms with Crippen molar-refractivity contribution >= 4 is 15.9 Å². The summed E-state index contributed by atoms with van der Waals surface area (Å²) in [7, 11) is 0. The average molecular weight is 335 g/mol. The van der Waals surface area contributed by atoms with Crippen molar-refractivity contribution < 1.29 is 4.74 Å². The second-order valence-corrected chi connectivity index (χ2v) is 5.85. The molecular formula is C16H19BrN2O. The van der Waals surface area contributed by atoms with Crippen LogP contribution in [0.2, 0.25) is 0 Å². The molecule has 1 unspecified atom stereocenters. The van der Waals surface area contributed by atoms with Crippen molar-refractivity contribution in [3.05, 3.63) is 58.3 Å². The predicted molar refractivity (Wildman–Crippen MR) is 84.9 cm³/mol. The van der Waals surface area contributed by atoms with E-state index in [0.29, 0.717) is 12.5 Å². The third-order valence-corrected chi connectivity index (χ3v) is 3.59. The molecule has 0 fully saturated rings. The van der Waals surface area contributed by atoms with Gasteiger partial charge in [0.1, 0.15) is 5.75 Å². The first kappa shape index (κ1) is 15.0. The molecule has 0 spiro atoms. The molecule has 0 aliphatic carbocycles. The molecule has 0 radical (unpaired) electrons. The third-order valence-electron chi connectivity index (χ3n) is 3.09. The lowest BCUT2D eigenvalue weighted by molar-refractivity contribution is 0.206. The van der Waals surface area contributed by atoms with Gasteiger partial charge in [0.15, 0.2) is 6.10 Å². The highest BCUT2D eigenvalue weighted by atomic mass is 79.9. The number of nitrogens with two attached hydrogens (primary N) is 1. The van der Waals surface area contributed by atoms with Crippen molar-refractivity contribution in [2.75, 3.05) is 6.54 Å². The summed E-state index contributed by atoms with van der Waals surface area (Å²) in [6, 6.07) is 11.8. The molecule has 106 valence electrons. The molecule has 0 amide bonds. The number of nitrogens with zero attached hydrogens (tertiary/aromatic N) is 1. The van der Waals surface area contributed by atoms with Crippen LogP contribution in [0.15, 0.2) is 47.1 Å². The second kappa shape index (κ2) is 6.86. The lowest BCUT2D eigenvalue weighted by Gasteiger charge is -2.20. The van der Waals surface area contributed by atoms with Gasteiger partial charge in [-0.2, -0.15) is 0 Å². The van der Waals surface area contributed by atoms with E-state index in [2.05, 4.69) is 40.8 Å². The van der Waals surface area contributed by atoms with Gasteiger partial charge in [-0.3, -0.25) is 4.98 Å². The molecule has 4 heteroatoms. The topological polar surface area (TPSA) is 48.1 Å². The van der Waals surface area contributed by atoms with Gasteiger partial charge in [-0.25, -0.2) is 0 Å². The van der Waals surface area contributed by atoms with Gasteiger partial charge in [-0.1, -0.05) is 35.8 Å². The first-order chi connectivity index (χ1) is 9.61. The number of halogens is 1. The van der Waals surface area contributed by atoms with Crippen molar-refractivity contribution in [2.45, 2.75) is 25.9 Å². The highest BCUT2D eigenvalue weighted by Gasteiger charge is 2.16. The van der Waals surface area contributed by atoms with Crippen LogP contribution in [0.5, 0.6) is 5.75 Å². The highest BCUT2D eigenvalue weighted by Crippen LogP contribution is 2.32. The van der Waals surface area contributed by atoms with E-state index in [1.807, 2.05) is 30.3 Å². The van der Waals surface area contributed by atoms with Crippen LogP contribution in [0.1, 0.15) is 37.1 Å². The first-order valence-corrected chi connectivity index (χ1v) is 7.48. The molecule has 0 aliphatic heterocycles. The fourth-order valence-electron chi connectivity index (χ4n) is 2.03. The van der Waals surface area contributed by atoms with E-state index in [-0.39, 0.29) is 6.10 Å². The Balaban J connectivity index is 2.28. The molecule has 1 heterocycles. The maximum Gasteiger partial charge on any atom is 0.153 e. The average Bonchev–Trinajstić information content (AvgIpc) is 2.46. The van der Waals surface area contributed by atoms with Gasteiger partial charge in [0.2, 0.25) is 0 Å². The number of hydrogen-bond donors (Lipinski definition) is 1. The maximum atomic E-state index is 6.09. The quantitative estimate of drug-likeness (QED) is 0.897. The van der Waals surface area contributed by atoms with Crippen molar-refractivity contribution in [3.63, 3.8) is 0 Å². The van der Waals surface area contributed by atoms with E-state index in [4.69, 9.17) is 10.5 Å². The van der Waals surface area contributed by atoms with Crippen molar-refractivity contribution in [1.29, 1.82) is 0 Å². The van der Waals surface area contributed by atoms with Gasteiger partial charge in [-0.05, 0) is 41.8 Å². The van der Waals surface area contributed by atoms with E-state index in [1.54, 1.807) is 6.20 Å². The summed E-state index contributed by atoms with van der Waals surface area (Å²) in [5, 5.41) is 0. The molecule has 3 nitrogen and oxygen atoms in total. The summed E-state index contributed by atoms with van der Waals surface area (Å²) >= 11 is 3.50. The Morgan fingerprint density at radius 3 is 2.65 bits per heavy atom. The summed E-state index contributed by atoms with van der Waals surface area (Å²) < 4.78 is 7.14. The Morgan fingerprint density at radius 1 is 1.25 bits per heavy atom. The summed E-state index contributed by atoms with van der Waals surface area (Å²) in [6.07, 6.45) is 1.53. The number of benzene rings is 1. The van der Waals surface area contributed by atoms with Crippen LogP contribution >= 0.6 is 15.9 Å². The van der Waals surface area contributed by atoms with E-state index < -0.39 is 0 Å². The van der Waals surface area contributed by atoms with Gasteiger partial charge < -0.3 is 10.5 Å². The van der Waals surface area contributed by atoms with E-state index in [0.717, 1.165) is 21.5 Å². The molecule has 0 aliphatic rings. The van der Waals surface area contributed by atoms with Crippen LogP contribution in [0.3, 0.4) is 0 Å². The van der Waals surface area contributed by atoms with E-state index >= 15 is 0 Å². The Labute approximate surface area is 128 Å². The standard InChI is InChI=1S/C16H19BrN2O/c1-11(2)13-9-12(17)6-7-15(13)20-16(10-18)14-5-3-4-8-19-14/h3-9,11,16H,10,18H2,1-2H3. The molecular weight excluding hydrogens is 316 g/mol. The monoisotopic (exact) mass is 334 g/mol.